The molecule has 0 aliphatic carbocycles. The fraction of sp³-hybridized carbons (Fsp3) is 0.158. The summed E-state index contributed by atoms with van der Waals surface area (Å²) < 4.78 is 36.9. The van der Waals surface area contributed by atoms with Crippen LogP contribution in [-0.4, -0.2) is 29.0 Å². The summed E-state index contributed by atoms with van der Waals surface area (Å²) in [5, 5.41) is 13.3. The van der Waals surface area contributed by atoms with Gasteiger partial charge >= 0.3 is 6.18 Å². The second-order valence-electron chi connectivity index (χ2n) is 5.90. The van der Waals surface area contributed by atoms with Gasteiger partial charge in [0.2, 0.25) is 5.88 Å². The van der Waals surface area contributed by atoms with Gasteiger partial charge in [-0.15, -0.1) is 0 Å². The van der Waals surface area contributed by atoms with Crippen molar-refractivity contribution in [3.8, 4) is 5.88 Å². The molecule has 3 aromatic rings. The lowest BCUT2D eigenvalue weighted by molar-refractivity contribution is -0.115. The van der Waals surface area contributed by atoms with Crippen LogP contribution in [0.3, 0.4) is 0 Å². The Labute approximate surface area is 152 Å². The van der Waals surface area contributed by atoms with Crippen molar-refractivity contribution < 1.29 is 18.3 Å². The van der Waals surface area contributed by atoms with Crippen molar-refractivity contribution in [2.45, 2.75) is 12.7 Å². The average Bonchev–Trinajstić information content (AvgIpc) is 2.62. The highest BCUT2D eigenvalue weighted by atomic mass is 19.4. The number of nitrogens with zero attached hydrogens (tertiary/aromatic N) is 1. The van der Waals surface area contributed by atoms with E-state index in [9.17, 15) is 23.1 Å². The predicted octanol–water partition coefficient (Wildman–Crippen LogP) is 3.83. The monoisotopic (exact) mass is 375 g/mol. The molecule has 1 aromatic heterocycles. The van der Waals surface area contributed by atoms with Crippen molar-refractivity contribution in [1.29, 1.82) is 0 Å². The minimum atomic E-state index is -4.29. The zero-order valence-corrected chi connectivity index (χ0v) is 14.0. The quantitative estimate of drug-likeness (QED) is 0.593. The van der Waals surface area contributed by atoms with Crippen molar-refractivity contribution in [2.75, 3.05) is 11.9 Å². The molecule has 2 aromatic carbocycles. The van der Waals surface area contributed by atoms with Crippen molar-refractivity contribution in [3.05, 3.63) is 70.0 Å². The van der Waals surface area contributed by atoms with E-state index in [0.29, 0.717) is 27.6 Å². The lowest BCUT2D eigenvalue weighted by Crippen LogP contribution is -2.21. The van der Waals surface area contributed by atoms with Gasteiger partial charge in [0.15, 0.2) is 0 Å². The summed E-state index contributed by atoms with van der Waals surface area (Å²) in [6.45, 7) is -0.911. The zero-order chi connectivity index (χ0) is 19.4. The second kappa shape index (κ2) is 7.53. The van der Waals surface area contributed by atoms with Gasteiger partial charge < -0.3 is 10.4 Å². The van der Waals surface area contributed by atoms with Gasteiger partial charge in [-0.3, -0.25) is 14.8 Å². The molecule has 140 valence electrons. The summed E-state index contributed by atoms with van der Waals surface area (Å²) in [5.41, 5.74) is 1.02. The maximum Gasteiger partial charge on any atom is 0.405 e. The maximum atomic E-state index is 12.3. The Balaban J connectivity index is 1.79. The number of hydrogen-bond donors (Lipinski definition) is 3. The number of H-pyrrole nitrogens is 1. The molecule has 1 heterocycles. The number of nitrogens with one attached hydrogen (secondary N) is 2. The Morgan fingerprint density at radius 2 is 1.85 bits per heavy atom. The van der Waals surface area contributed by atoms with Crippen LogP contribution in [0.15, 0.2) is 58.3 Å². The minimum absolute atomic E-state index is 0.203. The lowest BCUT2D eigenvalue weighted by Gasteiger charge is -2.10. The molecular weight excluding hydrogens is 359 g/mol. The summed E-state index contributed by atoms with van der Waals surface area (Å²) in [4.78, 5) is 18.5. The number of halogens is 3. The molecular formula is C19H16F3N3O2. The first-order valence-electron chi connectivity index (χ1n) is 8.07. The molecule has 0 spiro atoms. The van der Waals surface area contributed by atoms with Crippen LogP contribution in [0.1, 0.15) is 11.1 Å². The van der Waals surface area contributed by atoms with E-state index in [2.05, 4.69) is 15.3 Å². The number of aromatic amines is 1. The Morgan fingerprint density at radius 3 is 2.59 bits per heavy atom. The van der Waals surface area contributed by atoms with E-state index in [-0.39, 0.29) is 12.4 Å². The SMILES string of the molecule is O=c1[nH]c(O)c(C=NCc2cccc(NCC(F)(F)F)c2)c2ccccc12. The number of alkyl halides is 3. The highest BCUT2D eigenvalue weighted by Crippen LogP contribution is 2.21. The minimum Gasteiger partial charge on any atom is -0.494 e. The third-order valence-electron chi connectivity index (χ3n) is 3.86. The van der Waals surface area contributed by atoms with Crippen molar-refractivity contribution in [2.24, 2.45) is 4.99 Å². The lowest BCUT2D eigenvalue weighted by atomic mass is 10.1. The van der Waals surface area contributed by atoms with Crippen LogP contribution in [0.4, 0.5) is 18.9 Å². The Bertz CT molecular complexity index is 1040. The van der Waals surface area contributed by atoms with E-state index in [1.165, 1.54) is 6.21 Å². The molecule has 0 amide bonds. The molecule has 8 heteroatoms. The number of fused-ring (bicyclic) bond motifs is 1. The fourth-order valence-corrected chi connectivity index (χ4v) is 2.64. The summed E-state index contributed by atoms with van der Waals surface area (Å²) in [7, 11) is 0. The number of pyridine rings is 1. The van der Waals surface area contributed by atoms with E-state index in [0.717, 1.165) is 0 Å². The van der Waals surface area contributed by atoms with E-state index < -0.39 is 18.3 Å². The van der Waals surface area contributed by atoms with Gasteiger partial charge in [0.25, 0.3) is 5.56 Å². The fourth-order valence-electron chi connectivity index (χ4n) is 2.64. The number of hydrogen-bond acceptors (Lipinski definition) is 4. The molecule has 0 atom stereocenters. The molecule has 0 radical (unpaired) electrons. The van der Waals surface area contributed by atoms with E-state index in [1.54, 1.807) is 48.5 Å². The number of rotatable bonds is 5. The van der Waals surface area contributed by atoms with Crippen LogP contribution >= 0.6 is 0 Å². The number of aromatic hydroxyl groups is 1. The first kappa shape index (κ1) is 18.5. The van der Waals surface area contributed by atoms with Crippen molar-refractivity contribution in [3.63, 3.8) is 0 Å². The molecule has 5 nitrogen and oxygen atoms in total. The third-order valence-corrected chi connectivity index (χ3v) is 3.86. The first-order valence-corrected chi connectivity index (χ1v) is 8.07. The van der Waals surface area contributed by atoms with Crippen LogP contribution in [0.25, 0.3) is 10.8 Å². The van der Waals surface area contributed by atoms with Gasteiger partial charge in [0, 0.05) is 22.7 Å². The van der Waals surface area contributed by atoms with Crippen LogP contribution in [-0.2, 0) is 6.54 Å². The highest BCUT2D eigenvalue weighted by Gasteiger charge is 2.26. The summed E-state index contributed by atoms with van der Waals surface area (Å²) in [6.07, 6.45) is -2.86. The van der Waals surface area contributed by atoms with Crippen molar-refractivity contribution in [1.82, 2.24) is 4.98 Å². The Kier molecular flexibility index (Phi) is 5.16. The van der Waals surface area contributed by atoms with Gasteiger partial charge in [0.1, 0.15) is 6.54 Å². The molecule has 3 N–H and O–H groups in total. The maximum absolute atomic E-state index is 12.3. The zero-order valence-electron chi connectivity index (χ0n) is 14.0. The van der Waals surface area contributed by atoms with Gasteiger partial charge in [-0.1, -0.05) is 30.3 Å². The van der Waals surface area contributed by atoms with Crippen LogP contribution < -0.4 is 10.9 Å². The number of anilines is 1. The second-order valence-corrected chi connectivity index (χ2v) is 5.90. The van der Waals surface area contributed by atoms with Gasteiger partial charge in [-0.25, -0.2) is 0 Å². The topological polar surface area (TPSA) is 77.5 Å². The largest absolute Gasteiger partial charge is 0.494 e. The molecule has 0 saturated carbocycles. The summed E-state index contributed by atoms with van der Waals surface area (Å²) in [5.74, 6) is -0.289. The van der Waals surface area contributed by atoms with Gasteiger partial charge in [-0.05, 0) is 23.8 Å². The average molecular weight is 375 g/mol. The standard InChI is InChI=1S/C19H16F3N3O2/c20-19(21,22)11-24-13-5-3-4-12(8-13)9-23-10-16-14-6-1-2-7-15(14)17(26)25-18(16)27/h1-8,10,24H,9,11H2,(H2,25,26,27). The number of aliphatic imine (C=N–C) groups is 1. The number of aromatic nitrogens is 1. The smallest absolute Gasteiger partial charge is 0.405 e. The van der Waals surface area contributed by atoms with E-state index >= 15 is 0 Å². The summed E-state index contributed by atoms with van der Waals surface area (Å²) >= 11 is 0. The molecule has 0 saturated heterocycles. The first-order chi connectivity index (χ1) is 12.8. The molecule has 0 fully saturated rings. The molecule has 0 aliphatic heterocycles. The predicted molar refractivity (Wildman–Crippen MR) is 98.5 cm³/mol. The van der Waals surface area contributed by atoms with E-state index in [1.807, 2.05) is 0 Å². The van der Waals surface area contributed by atoms with Crippen LogP contribution in [0.2, 0.25) is 0 Å². The van der Waals surface area contributed by atoms with Gasteiger partial charge in [0.05, 0.1) is 12.1 Å². The molecule has 0 unspecified atom stereocenters. The van der Waals surface area contributed by atoms with Crippen LogP contribution in [0.5, 0.6) is 5.88 Å². The molecule has 3 rings (SSSR count). The third kappa shape index (κ3) is 4.66. The highest BCUT2D eigenvalue weighted by molar-refractivity contribution is 6.01. The van der Waals surface area contributed by atoms with Crippen LogP contribution in [0, 0.1) is 0 Å². The number of benzene rings is 2. The van der Waals surface area contributed by atoms with Gasteiger partial charge in [-0.2, -0.15) is 13.2 Å². The molecule has 27 heavy (non-hydrogen) atoms. The summed E-state index contributed by atoms with van der Waals surface area (Å²) in [6, 6.07) is 13.3. The van der Waals surface area contributed by atoms with E-state index in [4.69, 9.17) is 0 Å². The molecule has 0 aliphatic rings. The Morgan fingerprint density at radius 1 is 1.11 bits per heavy atom. The Hall–Kier alpha value is -3.29. The van der Waals surface area contributed by atoms with Crippen molar-refractivity contribution >= 4 is 22.7 Å². The molecule has 0 bridgehead atoms. The normalized spacial score (nSPS) is 12.0.